The maximum Gasteiger partial charge on any atom is 0.339 e. The minimum absolute atomic E-state index is 0.0314. The second kappa shape index (κ2) is 5.57. The normalized spacial score (nSPS) is 18.0. The molecule has 2 rings (SSSR count). The number of ether oxygens (including phenoxy) is 1. The standard InChI is InChI=1S/C12H14N2O5/c15-10-2-1-7(5-9(10)11(16)17)13-12(18)14-8-3-4-19-6-8/h1-2,5,8,15H,3-4,6H2,(H,16,17)(H2,13,14,18). The lowest BCUT2D eigenvalue weighted by Crippen LogP contribution is -2.38. The van der Waals surface area contributed by atoms with Crippen LogP contribution >= 0.6 is 0 Å². The fourth-order valence-corrected chi connectivity index (χ4v) is 1.79. The summed E-state index contributed by atoms with van der Waals surface area (Å²) >= 11 is 0. The van der Waals surface area contributed by atoms with Gasteiger partial charge in [-0.3, -0.25) is 0 Å². The lowest BCUT2D eigenvalue weighted by molar-refractivity contribution is 0.0693. The first-order valence-corrected chi connectivity index (χ1v) is 5.78. The van der Waals surface area contributed by atoms with Crippen LogP contribution in [0.2, 0.25) is 0 Å². The number of anilines is 1. The zero-order valence-corrected chi connectivity index (χ0v) is 10.0. The second-order valence-corrected chi connectivity index (χ2v) is 4.20. The molecule has 1 aromatic carbocycles. The third kappa shape index (κ3) is 3.35. The van der Waals surface area contributed by atoms with E-state index in [1.807, 2.05) is 0 Å². The zero-order chi connectivity index (χ0) is 13.8. The monoisotopic (exact) mass is 266 g/mol. The molecular weight excluding hydrogens is 252 g/mol. The van der Waals surface area contributed by atoms with Gasteiger partial charge < -0.3 is 25.6 Å². The van der Waals surface area contributed by atoms with Crippen molar-refractivity contribution in [2.45, 2.75) is 12.5 Å². The van der Waals surface area contributed by atoms with Gasteiger partial charge in [0, 0.05) is 12.3 Å². The molecule has 0 saturated carbocycles. The van der Waals surface area contributed by atoms with Crippen LogP contribution < -0.4 is 10.6 Å². The smallest absolute Gasteiger partial charge is 0.339 e. The SMILES string of the molecule is O=C(Nc1ccc(O)c(C(=O)O)c1)NC1CCOC1. The van der Waals surface area contributed by atoms with Crippen molar-refractivity contribution in [2.75, 3.05) is 18.5 Å². The van der Waals surface area contributed by atoms with E-state index < -0.39 is 12.0 Å². The Balaban J connectivity index is 2.00. The molecule has 7 nitrogen and oxygen atoms in total. The van der Waals surface area contributed by atoms with E-state index in [2.05, 4.69) is 10.6 Å². The molecule has 0 bridgehead atoms. The van der Waals surface area contributed by atoms with Gasteiger partial charge in [0.25, 0.3) is 0 Å². The fraction of sp³-hybridized carbons (Fsp3) is 0.333. The molecule has 19 heavy (non-hydrogen) atoms. The molecule has 1 aliphatic rings. The highest BCUT2D eigenvalue weighted by molar-refractivity contribution is 5.95. The third-order valence-electron chi connectivity index (χ3n) is 2.75. The number of amides is 2. The van der Waals surface area contributed by atoms with Gasteiger partial charge in [-0.1, -0.05) is 0 Å². The number of hydrogen-bond acceptors (Lipinski definition) is 4. The third-order valence-corrected chi connectivity index (χ3v) is 2.75. The van der Waals surface area contributed by atoms with Crippen LogP contribution in [0.25, 0.3) is 0 Å². The molecular formula is C12H14N2O5. The van der Waals surface area contributed by atoms with Crippen LogP contribution in [-0.2, 0) is 4.74 Å². The number of aromatic hydroxyl groups is 1. The maximum atomic E-state index is 11.6. The number of carbonyl (C=O) groups excluding carboxylic acids is 1. The van der Waals surface area contributed by atoms with Crippen LogP contribution in [0.15, 0.2) is 18.2 Å². The Hall–Kier alpha value is -2.28. The summed E-state index contributed by atoms with van der Waals surface area (Å²) in [7, 11) is 0. The molecule has 1 unspecified atom stereocenters. The van der Waals surface area contributed by atoms with E-state index in [4.69, 9.17) is 9.84 Å². The van der Waals surface area contributed by atoms with E-state index in [9.17, 15) is 14.7 Å². The number of hydrogen-bond donors (Lipinski definition) is 4. The summed E-state index contributed by atoms with van der Waals surface area (Å²) in [5.74, 6) is -1.60. The molecule has 4 N–H and O–H groups in total. The van der Waals surface area contributed by atoms with Crippen LogP contribution in [0, 0.1) is 0 Å². The average Bonchev–Trinajstić information content (AvgIpc) is 2.84. The summed E-state index contributed by atoms with van der Waals surface area (Å²) in [5.41, 5.74) is 0.0358. The van der Waals surface area contributed by atoms with Gasteiger partial charge in [0.05, 0.1) is 12.6 Å². The van der Waals surface area contributed by atoms with Gasteiger partial charge in [-0.15, -0.1) is 0 Å². The van der Waals surface area contributed by atoms with Gasteiger partial charge in [-0.05, 0) is 24.6 Å². The molecule has 1 atom stereocenters. The summed E-state index contributed by atoms with van der Waals surface area (Å²) in [6.07, 6.45) is 0.753. The lowest BCUT2D eigenvalue weighted by atomic mass is 10.2. The zero-order valence-electron chi connectivity index (χ0n) is 10.0. The number of nitrogens with one attached hydrogen (secondary N) is 2. The Morgan fingerprint density at radius 3 is 2.79 bits per heavy atom. The Bertz CT molecular complexity index is 497. The minimum Gasteiger partial charge on any atom is -0.507 e. The van der Waals surface area contributed by atoms with Crippen LogP contribution in [-0.4, -0.2) is 41.5 Å². The molecule has 1 aromatic rings. The number of benzene rings is 1. The molecule has 1 aliphatic heterocycles. The average molecular weight is 266 g/mol. The molecule has 7 heteroatoms. The number of carboxylic acids is 1. The molecule has 0 spiro atoms. The first-order valence-electron chi connectivity index (χ1n) is 5.78. The predicted molar refractivity (Wildman–Crippen MR) is 66.4 cm³/mol. The van der Waals surface area contributed by atoms with Crippen molar-refractivity contribution in [2.24, 2.45) is 0 Å². The highest BCUT2D eigenvalue weighted by atomic mass is 16.5. The molecule has 1 saturated heterocycles. The van der Waals surface area contributed by atoms with Crippen molar-refractivity contribution in [3.05, 3.63) is 23.8 Å². The first kappa shape index (κ1) is 13.2. The number of aromatic carboxylic acids is 1. The van der Waals surface area contributed by atoms with E-state index in [0.29, 0.717) is 18.9 Å². The second-order valence-electron chi connectivity index (χ2n) is 4.20. The lowest BCUT2D eigenvalue weighted by Gasteiger charge is -2.12. The van der Waals surface area contributed by atoms with Crippen LogP contribution in [0.3, 0.4) is 0 Å². The highest BCUT2D eigenvalue weighted by Gasteiger charge is 2.18. The maximum absolute atomic E-state index is 11.6. The highest BCUT2D eigenvalue weighted by Crippen LogP contribution is 2.21. The summed E-state index contributed by atoms with van der Waals surface area (Å²) in [6.45, 7) is 1.09. The summed E-state index contributed by atoms with van der Waals surface area (Å²) in [5, 5.41) is 23.4. The minimum atomic E-state index is -1.26. The van der Waals surface area contributed by atoms with Crippen molar-refractivity contribution in [1.82, 2.24) is 5.32 Å². The topological polar surface area (TPSA) is 108 Å². The number of rotatable bonds is 3. The molecule has 0 radical (unpaired) electrons. The van der Waals surface area contributed by atoms with Gasteiger partial charge in [-0.25, -0.2) is 9.59 Å². The van der Waals surface area contributed by atoms with E-state index in [1.165, 1.54) is 18.2 Å². The fourth-order valence-electron chi connectivity index (χ4n) is 1.79. The number of urea groups is 1. The van der Waals surface area contributed by atoms with Gasteiger partial charge in [0.2, 0.25) is 0 Å². The van der Waals surface area contributed by atoms with Crippen molar-refractivity contribution in [3.63, 3.8) is 0 Å². The van der Waals surface area contributed by atoms with Gasteiger partial charge in [-0.2, -0.15) is 0 Å². The van der Waals surface area contributed by atoms with Gasteiger partial charge >= 0.3 is 12.0 Å². The van der Waals surface area contributed by atoms with Crippen molar-refractivity contribution in [1.29, 1.82) is 0 Å². The summed E-state index contributed by atoms with van der Waals surface area (Å²) in [6, 6.07) is 3.38. The molecule has 102 valence electrons. The summed E-state index contributed by atoms with van der Waals surface area (Å²) < 4.78 is 5.12. The molecule has 1 fully saturated rings. The first-order chi connectivity index (χ1) is 9.06. The summed E-state index contributed by atoms with van der Waals surface area (Å²) in [4.78, 5) is 22.5. The predicted octanol–water partition coefficient (Wildman–Crippen LogP) is 1.00. The van der Waals surface area contributed by atoms with E-state index >= 15 is 0 Å². The van der Waals surface area contributed by atoms with Crippen molar-refractivity contribution < 1.29 is 24.5 Å². The van der Waals surface area contributed by atoms with Crippen molar-refractivity contribution >= 4 is 17.7 Å². The number of carbonyl (C=O) groups is 2. The van der Waals surface area contributed by atoms with Crippen LogP contribution in [0.4, 0.5) is 10.5 Å². The van der Waals surface area contributed by atoms with Crippen molar-refractivity contribution in [3.8, 4) is 5.75 Å². The van der Waals surface area contributed by atoms with Gasteiger partial charge in [0.15, 0.2) is 0 Å². The van der Waals surface area contributed by atoms with Gasteiger partial charge in [0.1, 0.15) is 11.3 Å². The Morgan fingerprint density at radius 2 is 2.16 bits per heavy atom. The molecule has 0 aromatic heterocycles. The largest absolute Gasteiger partial charge is 0.507 e. The van der Waals surface area contributed by atoms with E-state index in [1.54, 1.807) is 0 Å². The Morgan fingerprint density at radius 1 is 1.37 bits per heavy atom. The number of phenols is 1. The van der Waals surface area contributed by atoms with Crippen LogP contribution in [0.5, 0.6) is 5.75 Å². The van der Waals surface area contributed by atoms with Crippen LogP contribution in [0.1, 0.15) is 16.8 Å². The molecule has 0 aliphatic carbocycles. The Kier molecular flexibility index (Phi) is 3.86. The number of carboxylic acid groups (broad SMARTS) is 1. The van der Waals surface area contributed by atoms with E-state index in [0.717, 1.165) is 6.42 Å². The molecule has 1 heterocycles. The quantitative estimate of drug-likeness (QED) is 0.610. The Labute approximate surface area is 109 Å². The van der Waals surface area contributed by atoms with E-state index in [-0.39, 0.29) is 17.4 Å². The molecule has 2 amide bonds.